The second-order valence-electron chi connectivity index (χ2n) is 9.23. The van der Waals surface area contributed by atoms with Crippen LogP contribution in [0.3, 0.4) is 0 Å². The Kier molecular flexibility index (Phi) is 6.45. The van der Waals surface area contributed by atoms with E-state index in [0.29, 0.717) is 30.4 Å². The van der Waals surface area contributed by atoms with Crippen molar-refractivity contribution in [3.63, 3.8) is 0 Å². The number of sulfonamides is 1. The van der Waals surface area contributed by atoms with Gasteiger partial charge in [-0.1, -0.05) is 25.1 Å². The number of hydrogen-bond donors (Lipinski definition) is 0. The van der Waals surface area contributed by atoms with E-state index in [1.165, 1.54) is 28.6 Å². The second-order valence-corrected chi connectivity index (χ2v) is 11.1. The summed E-state index contributed by atoms with van der Waals surface area (Å²) >= 11 is 0. The average molecular weight is 494 g/mol. The van der Waals surface area contributed by atoms with Gasteiger partial charge in [0.05, 0.1) is 34.1 Å². The molecule has 0 saturated heterocycles. The van der Waals surface area contributed by atoms with Crippen molar-refractivity contribution < 1.29 is 12.8 Å². The summed E-state index contributed by atoms with van der Waals surface area (Å²) in [5, 5.41) is 14.4. The molecule has 0 atom stereocenters. The van der Waals surface area contributed by atoms with Crippen molar-refractivity contribution in [2.75, 3.05) is 19.6 Å². The highest BCUT2D eigenvalue weighted by atomic mass is 32.2. The minimum Gasteiger partial charge on any atom is -0.299 e. The molecule has 0 amide bonds. The Bertz CT molecular complexity index is 1390. The van der Waals surface area contributed by atoms with Gasteiger partial charge in [0.2, 0.25) is 10.0 Å². The van der Waals surface area contributed by atoms with Gasteiger partial charge in [-0.2, -0.15) is 14.7 Å². The first kappa shape index (κ1) is 23.7. The minimum atomic E-state index is -3.92. The topological polar surface area (TPSA) is 82.2 Å². The van der Waals surface area contributed by atoms with E-state index in [1.807, 2.05) is 12.1 Å². The van der Waals surface area contributed by atoms with Gasteiger partial charge < -0.3 is 0 Å². The Labute approximate surface area is 205 Å². The Morgan fingerprint density at radius 1 is 1.20 bits per heavy atom. The van der Waals surface area contributed by atoms with Crippen molar-refractivity contribution in [1.82, 2.24) is 19.0 Å². The van der Waals surface area contributed by atoms with E-state index in [4.69, 9.17) is 5.10 Å². The number of hydrogen-bond acceptors (Lipinski definition) is 5. The molecule has 9 heteroatoms. The number of halogens is 1. The normalized spacial score (nSPS) is 16.3. The van der Waals surface area contributed by atoms with Crippen molar-refractivity contribution in [2.45, 2.75) is 44.2 Å². The number of fused-ring (bicyclic) bond motifs is 1. The van der Waals surface area contributed by atoms with Gasteiger partial charge in [0, 0.05) is 31.6 Å². The Hall–Kier alpha value is -3.06. The summed E-state index contributed by atoms with van der Waals surface area (Å²) in [4.78, 5) is 2.32. The fraction of sp³-hybridized carbons (Fsp3) is 0.385. The predicted molar refractivity (Wildman–Crippen MR) is 130 cm³/mol. The Balaban J connectivity index is 1.58. The zero-order valence-electron chi connectivity index (χ0n) is 19.7. The molecule has 2 aliphatic rings. The zero-order chi connectivity index (χ0) is 24.6. The maximum atomic E-state index is 14.0. The molecule has 0 radical (unpaired) electrons. The van der Waals surface area contributed by atoms with E-state index in [1.54, 1.807) is 22.9 Å². The molecular weight excluding hydrogens is 465 g/mol. The van der Waals surface area contributed by atoms with Gasteiger partial charge in [0.1, 0.15) is 11.9 Å². The molecule has 7 nitrogen and oxygen atoms in total. The molecule has 35 heavy (non-hydrogen) atoms. The third-order valence-corrected chi connectivity index (χ3v) is 8.70. The number of aromatic nitrogens is 2. The van der Waals surface area contributed by atoms with Crippen LogP contribution < -0.4 is 0 Å². The summed E-state index contributed by atoms with van der Waals surface area (Å²) in [6.45, 7) is 5.02. The zero-order valence-corrected chi connectivity index (χ0v) is 20.5. The molecule has 2 aromatic carbocycles. The minimum absolute atomic E-state index is 0.0248. The molecule has 5 rings (SSSR count). The molecule has 0 unspecified atom stereocenters. The number of benzene rings is 2. The number of rotatable bonds is 8. The summed E-state index contributed by atoms with van der Waals surface area (Å²) in [6.07, 6.45) is 2.73. The van der Waals surface area contributed by atoms with Gasteiger partial charge in [-0.3, -0.25) is 4.90 Å². The molecule has 1 saturated carbocycles. The molecule has 0 spiro atoms. The van der Waals surface area contributed by atoms with Crippen molar-refractivity contribution in [3.05, 3.63) is 76.9 Å². The first-order valence-corrected chi connectivity index (χ1v) is 13.4. The second kappa shape index (κ2) is 9.53. The van der Waals surface area contributed by atoms with Crippen LogP contribution >= 0.6 is 0 Å². The van der Waals surface area contributed by atoms with E-state index < -0.39 is 10.0 Å². The van der Waals surface area contributed by atoms with E-state index in [-0.39, 0.29) is 22.8 Å². The highest BCUT2D eigenvalue weighted by Gasteiger charge is 2.35. The third-order valence-electron chi connectivity index (χ3n) is 6.83. The SMILES string of the molecule is CCN1CCc2c(c(CN(CC3CC3)S(=O)(=O)c3ccccc3C#N)nn2-c2cccc(F)c2)C1. The monoisotopic (exact) mass is 493 g/mol. The Morgan fingerprint density at radius 3 is 2.71 bits per heavy atom. The van der Waals surface area contributed by atoms with Crippen LogP contribution in [0.25, 0.3) is 5.69 Å². The summed E-state index contributed by atoms with van der Waals surface area (Å²) in [6, 6.07) is 14.7. The molecular formula is C26H28FN5O2S. The molecule has 2 heterocycles. The summed E-state index contributed by atoms with van der Waals surface area (Å²) < 4.78 is 44.8. The Morgan fingerprint density at radius 2 is 2.00 bits per heavy atom. The van der Waals surface area contributed by atoms with Gasteiger partial charge >= 0.3 is 0 Å². The molecule has 0 N–H and O–H groups in total. The summed E-state index contributed by atoms with van der Waals surface area (Å²) in [7, 11) is -3.92. The smallest absolute Gasteiger partial charge is 0.244 e. The largest absolute Gasteiger partial charge is 0.299 e. The lowest BCUT2D eigenvalue weighted by atomic mass is 10.0. The molecule has 0 bridgehead atoms. The lowest BCUT2D eigenvalue weighted by Gasteiger charge is -2.27. The van der Waals surface area contributed by atoms with Gasteiger partial charge in [-0.25, -0.2) is 17.5 Å². The van der Waals surface area contributed by atoms with Gasteiger partial charge in [0.25, 0.3) is 0 Å². The fourth-order valence-electron chi connectivity index (χ4n) is 4.69. The van der Waals surface area contributed by atoms with Crippen LogP contribution in [0, 0.1) is 23.1 Å². The van der Waals surface area contributed by atoms with E-state index >= 15 is 0 Å². The van der Waals surface area contributed by atoms with Crippen LogP contribution in [0.15, 0.2) is 53.4 Å². The molecule has 3 aromatic rings. The third kappa shape index (κ3) is 4.74. The summed E-state index contributed by atoms with van der Waals surface area (Å²) in [5.74, 6) is -0.0300. The van der Waals surface area contributed by atoms with Crippen LogP contribution in [0.5, 0.6) is 0 Å². The van der Waals surface area contributed by atoms with Crippen LogP contribution in [0.4, 0.5) is 4.39 Å². The quantitative estimate of drug-likeness (QED) is 0.476. The number of likely N-dealkylation sites (N-methyl/N-ethyl adjacent to an activating group) is 1. The average Bonchev–Trinajstić information content (AvgIpc) is 3.62. The van der Waals surface area contributed by atoms with Crippen LogP contribution in [0.1, 0.15) is 42.3 Å². The summed E-state index contributed by atoms with van der Waals surface area (Å²) in [5.41, 5.74) is 3.45. The standard InChI is InChI=1S/C26H28FN5O2S/c1-2-30-13-12-25-23(17-30)24(29-32(25)22-8-5-7-21(27)14-22)18-31(16-19-10-11-19)35(33,34)26-9-4-3-6-20(26)15-28/h3-9,14,19H,2,10-13,16-18H2,1H3. The number of nitriles is 1. The predicted octanol–water partition coefficient (Wildman–Crippen LogP) is 3.86. The van der Waals surface area contributed by atoms with Gasteiger partial charge in [-0.15, -0.1) is 0 Å². The highest BCUT2D eigenvalue weighted by molar-refractivity contribution is 7.89. The lowest BCUT2D eigenvalue weighted by molar-refractivity contribution is 0.264. The van der Waals surface area contributed by atoms with E-state index in [9.17, 15) is 18.1 Å². The lowest BCUT2D eigenvalue weighted by Crippen LogP contribution is -2.34. The highest BCUT2D eigenvalue weighted by Crippen LogP contribution is 2.34. The molecule has 182 valence electrons. The van der Waals surface area contributed by atoms with Crippen molar-refractivity contribution in [1.29, 1.82) is 5.26 Å². The molecule has 1 aliphatic heterocycles. The van der Waals surface area contributed by atoms with Crippen molar-refractivity contribution in [2.24, 2.45) is 5.92 Å². The van der Waals surface area contributed by atoms with Gasteiger partial charge in [0.15, 0.2) is 0 Å². The van der Waals surface area contributed by atoms with Crippen LogP contribution in [-0.4, -0.2) is 47.0 Å². The van der Waals surface area contributed by atoms with Crippen molar-refractivity contribution >= 4 is 10.0 Å². The number of nitrogens with zero attached hydrogens (tertiary/aromatic N) is 5. The maximum Gasteiger partial charge on any atom is 0.244 e. The maximum absolute atomic E-state index is 14.0. The first-order valence-electron chi connectivity index (χ1n) is 12.0. The molecule has 1 aliphatic carbocycles. The van der Waals surface area contributed by atoms with Crippen LogP contribution in [0.2, 0.25) is 0 Å². The molecule has 1 aromatic heterocycles. The van der Waals surface area contributed by atoms with Crippen molar-refractivity contribution in [3.8, 4) is 11.8 Å². The van der Waals surface area contributed by atoms with E-state index in [0.717, 1.165) is 43.6 Å². The van der Waals surface area contributed by atoms with Crippen LogP contribution in [-0.2, 0) is 29.5 Å². The molecule has 1 fully saturated rings. The van der Waals surface area contributed by atoms with E-state index in [2.05, 4.69) is 11.8 Å². The van der Waals surface area contributed by atoms with Gasteiger partial charge in [-0.05, 0) is 55.6 Å². The fourth-order valence-corrected chi connectivity index (χ4v) is 6.31. The first-order chi connectivity index (χ1) is 16.9.